The fourth-order valence-corrected chi connectivity index (χ4v) is 1.98. The molecule has 0 bridgehead atoms. The summed E-state index contributed by atoms with van der Waals surface area (Å²) in [6.07, 6.45) is 0. The third kappa shape index (κ3) is 5.60. The van der Waals surface area contributed by atoms with Crippen molar-refractivity contribution < 1.29 is 10.2 Å². The van der Waals surface area contributed by atoms with Crippen LogP contribution in [0, 0.1) is 0 Å². The van der Waals surface area contributed by atoms with E-state index in [4.69, 9.17) is 5.11 Å². The van der Waals surface area contributed by atoms with Crippen LogP contribution in [-0.2, 0) is 13.2 Å². The molecule has 1 aromatic carbocycles. The van der Waals surface area contributed by atoms with Crippen LogP contribution in [0.15, 0.2) is 24.3 Å². The SMILES string of the molecule is CN(C)CC(C)(O)CNCc1ccc(CO)cc1. The standard InChI is InChI=1S/C14H24N2O2/c1-14(18,11-16(2)3)10-15-8-12-4-6-13(9-17)7-5-12/h4-7,15,17-18H,8-11H2,1-3H3. The average Bonchev–Trinajstić information content (AvgIpc) is 2.28. The molecule has 3 N–H and O–H groups in total. The minimum absolute atomic E-state index is 0.0747. The summed E-state index contributed by atoms with van der Waals surface area (Å²) in [5, 5.41) is 22.3. The lowest BCUT2D eigenvalue weighted by Gasteiger charge is -2.27. The molecule has 4 nitrogen and oxygen atoms in total. The molecule has 0 saturated heterocycles. The second-order valence-electron chi connectivity index (χ2n) is 5.31. The molecule has 1 aromatic rings. The van der Waals surface area contributed by atoms with Gasteiger partial charge in [-0.15, -0.1) is 0 Å². The van der Waals surface area contributed by atoms with Crippen LogP contribution in [0.3, 0.4) is 0 Å². The molecular formula is C14H24N2O2. The summed E-state index contributed by atoms with van der Waals surface area (Å²) in [6.45, 7) is 3.80. The summed E-state index contributed by atoms with van der Waals surface area (Å²) in [4.78, 5) is 1.97. The summed E-state index contributed by atoms with van der Waals surface area (Å²) in [6, 6.07) is 7.79. The maximum Gasteiger partial charge on any atom is 0.0869 e. The highest BCUT2D eigenvalue weighted by molar-refractivity contribution is 5.21. The van der Waals surface area contributed by atoms with Gasteiger partial charge in [0, 0.05) is 19.6 Å². The van der Waals surface area contributed by atoms with E-state index in [1.165, 1.54) is 0 Å². The fourth-order valence-electron chi connectivity index (χ4n) is 1.98. The lowest BCUT2D eigenvalue weighted by atomic mass is 10.1. The van der Waals surface area contributed by atoms with Gasteiger partial charge in [-0.05, 0) is 32.1 Å². The second-order valence-corrected chi connectivity index (χ2v) is 5.31. The van der Waals surface area contributed by atoms with Gasteiger partial charge < -0.3 is 20.4 Å². The van der Waals surface area contributed by atoms with Crippen LogP contribution in [0.2, 0.25) is 0 Å². The van der Waals surface area contributed by atoms with Gasteiger partial charge in [-0.3, -0.25) is 0 Å². The smallest absolute Gasteiger partial charge is 0.0869 e. The lowest BCUT2D eigenvalue weighted by molar-refractivity contribution is 0.0336. The number of aliphatic hydroxyl groups excluding tert-OH is 1. The van der Waals surface area contributed by atoms with Gasteiger partial charge in [0.15, 0.2) is 0 Å². The first-order chi connectivity index (χ1) is 8.43. The Labute approximate surface area is 109 Å². The van der Waals surface area contributed by atoms with E-state index in [1.54, 1.807) is 0 Å². The van der Waals surface area contributed by atoms with Gasteiger partial charge in [0.2, 0.25) is 0 Å². The van der Waals surface area contributed by atoms with Crippen molar-refractivity contribution >= 4 is 0 Å². The van der Waals surface area contributed by atoms with Gasteiger partial charge in [0.05, 0.1) is 12.2 Å². The summed E-state index contributed by atoms with van der Waals surface area (Å²) < 4.78 is 0. The van der Waals surface area contributed by atoms with Crippen molar-refractivity contribution in [2.75, 3.05) is 27.2 Å². The Morgan fingerprint density at radius 3 is 2.22 bits per heavy atom. The van der Waals surface area contributed by atoms with E-state index < -0.39 is 5.60 Å². The minimum atomic E-state index is -0.728. The quantitative estimate of drug-likeness (QED) is 0.664. The summed E-state index contributed by atoms with van der Waals surface area (Å²) >= 11 is 0. The van der Waals surface area contributed by atoms with Crippen molar-refractivity contribution in [1.82, 2.24) is 10.2 Å². The average molecular weight is 252 g/mol. The molecule has 0 aliphatic rings. The maximum atomic E-state index is 10.1. The number of benzene rings is 1. The van der Waals surface area contributed by atoms with Gasteiger partial charge in [-0.25, -0.2) is 0 Å². The molecule has 0 aliphatic carbocycles. The van der Waals surface area contributed by atoms with E-state index in [2.05, 4.69) is 5.32 Å². The zero-order valence-electron chi connectivity index (χ0n) is 11.5. The highest BCUT2D eigenvalue weighted by Gasteiger charge is 2.20. The van der Waals surface area contributed by atoms with Crippen LogP contribution >= 0.6 is 0 Å². The van der Waals surface area contributed by atoms with Gasteiger partial charge >= 0.3 is 0 Å². The summed E-state index contributed by atoms with van der Waals surface area (Å²) in [5.74, 6) is 0. The molecule has 1 atom stereocenters. The molecule has 0 heterocycles. The zero-order chi connectivity index (χ0) is 13.6. The third-order valence-corrected chi connectivity index (χ3v) is 2.70. The molecule has 0 aliphatic heterocycles. The molecule has 1 unspecified atom stereocenters. The van der Waals surface area contributed by atoms with Crippen LogP contribution in [0.5, 0.6) is 0 Å². The van der Waals surface area contributed by atoms with Crippen molar-refractivity contribution in [3.63, 3.8) is 0 Å². The first-order valence-corrected chi connectivity index (χ1v) is 6.19. The Hall–Kier alpha value is -0.940. The number of nitrogens with zero attached hydrogens (tertiary/aromatic N) is 1. The molecule has 0 aromatic heterocycles. The molecule has 0 radical (unpaired) electrons. The molecule has 102 valence electrons. The highest BCUT2D eigenvalue weighted by atomic mass is 16.3. The maximum absolute atomic E-state index is 10.1. The second kappa shape index (κ2) is 6.85. The molecule has 1 rings (SSSR count). The van der Waals surface area contributed by atoms with Gasteiger partial charge in [0.25, 0.3) is 0 Å². The van der Waals surface area contributed by atoms with Crippen LogP contribution in [-0.4, -0.2) is 47.9 Å². The first kappa shape index (κ1) is 15.1. The Balaban J connectivity index is 2.36. The predicted octanol–water partition coefficient (Wildman–Crippen LogP) is 0.581. The normalized spacial score (nSPS) is 14.8. The number of hydrogen-bond acceptors (Lipinski definition) is 4. The van der Waals surface area contributed by atoms with Crippen LogP contribution < -0.4 is 5.32 Å². The van der Waals surface area contributed by atoms with E-state index in [0.717, 1.165) is 17.7 Å². The molecule has 18 heavy (non-hydrogen) atoms. The van der Waals surface area contributed by atoms with Crippen LogP contribution in [0.1, 0.15) is 18.1 Å². The van der Waals surface area contributed by atoms with E-state index >= 15 is 0 Å². The number of aliphatic hydroxyl groups is 2. The van der Waals surface area contributed by atoms with Crippen molar-refractivity contribution in [3.8, 4) is 0 Å². The number of rotatable bonds is 7. The fraction of sp³-hybridized carbons (Fsp3) is 0.571. The molecular weight excluding hydrogens is 228 g/mol. The Kier molecular flexibility index (Phi) is 5.75. The van der Waals surface area contributed by atoms with Gasteiger partial charge in [-0.2, -0.15) is 0 Å². The van der Waals surface area contributed by atoms with Crippen molar-refractivity contribution in [1.29, 1.82) is 0 Å². The van der Waals surface area contributed by atoms with Crippen LogP contribution in [0.4, 0.5) is 0 Å². The topological polar surface area (TPSA) is 55.7 Å². The van der Waals surface area contributed by atoms with E-state index in [0.29, 0.717) is 13.1 Å². The lowest BCUT2D eigenvalue weighted by Crippen LogP contribution is -2.45. The third-order valence-electron chi connectivity index (χ3n) is 2.70. The van der Waals surface area contributed by atoms with Crippen molar-refractivity contribution in [2.24, 2.45) is 0 Å². The Morgan fingerprint density at radius 1 is 1.17 bits per heavy atom. The van der Waals surface area contributed by atoms with Gasteiger partial charge in [0.1, 0.15) is 0 Å². The molecule has 0 amide bonds. The Bertz CT molecular complexity index is 347. The van der Waals surface area contributed by atoms with Gasteiger partial charge in [-0.1, -0.05) is 24.3 Å². The predicted molar refractivity (Wildman–Crippen MR) is 73.2 cm³/mol. The largest absolute Gasteiger partial charge is 0.392 e. The summed E-state index contributed by atoms with van der Waals surface area (Å²) in [5.41, 5.74) is 1.33. The van der Waals surface area contributed by atoms with Crippen LogP contribution in [0.25, 0.3) is 0 Å². The number of nitrogens with one attached hydrogen (secondary N) is 1. The zero-order valence-corrected chi connectivity index (χ0v) is 11.5. The minimum Gasteiger partial charge on any atom is -0.392 e. The molecule has 0 saturated carbocycles. The molecule has 0 fully saturated rings. The summed E-state index contributed by atoms with van der Waals surface area (Å²) in [7, 11) is 3.89. The highest BCUT2D eigenvalue weighted by Crippen LogP contribution is 2.06. The first-order valence-electron chi connectivity index (χ1n) is 6.19. The van der Waals surface area contributed by atoms with Crippen molar-refractivity contribution in [3.05, 3.63) is 35.4 Å². The number of hydrogen-bond donors (Lipinski definition) is 3. The molecule has 0 spiro atoms. The van der Waals surface area contributed by atoms with E-state index in [1.807, 2.05) is 50.2 Å². The molecule has 4 heteroatoms. The van der Waals surface area contributed by atoms with E-state index in [9.17, 15) is 5.11 Å². The monoisotopic (exact) mass is 252 g/mol. The van der Waals surface area contributed by atoms with Crippen molar-refractivity contribution in [2.45, 2.75) is 25.7 Å². The Morgan fingerprint density at radius 2 is 1.72 bits per heavy atom. The number of likely N-dealkylation sites (N-methyl/N-ethyl adjacent to an activating group) is 1. The van der Waals surface area contributed by atoms with E-state index in [-0.39, 0.29) is 6.61 Å².